The van der Waals surface area contributed by atoms with Crippen LogP contribution in [0.5, 0.6) is 23.0 Å². The number of nitrogens with zero attached hydrogens (tertiary/aromatic N) is 2. The number of rotatable bonds is 7. The lowest BCUT2D eigenvalue weighted by Gasteiger charge is -2.17. The van der Waals surface area contributed by atoms with Gasteiger partial charge in [0.2, 0.25) is 0 Å². The number of amides is 2. The normalized spacial score (nSPS) is 13.1. The molecule has 2 amide bonds. The van der Waals surface area contributed by atoms with Crippen molar-refractivity contribution in [2.45, 2.75) is 6.61 Å². The van der Waals surface area contributed by atoms with E-state index in [4.69, 9.17) is 14.2 Å². The van der Waals surface area contributed by atoms with Gasteiger partial charge in [-0.25, -0.2) is 9.18 Å². The summed E-state index contributed by atoms with van der Waals surface area (Å²) in [5, 5.41) is 3.28. The smallest absolute Gasteiger partial charge is 0.326 e. The van der Waals surface area contributed by atoms with Crippen molar-refractivity contribution in [3.63, 3.8) is 0 Å². The van der Waals surface area contributed by atoms with Crippen LogP contribution >= 0.6 is 0 Å². The van der Waals surface area contributed by atoms with Crippen molar-refractivity contribution in [2.75, 3.05) is 18.6 Å². The van der Waals surface area contributed by atoms with E-state index >= 15 is 0 Å². The van der Waals surface area contributed by atoms with Crippen molar-refractivity contribution in [1.82, 2.24) is 10.3 Å². The molecule has 1 aliphatic rings. The van der Waals surface area contributed by atoms with Gasteiger partial charge in [0, 0.05) is 29.4 Å². The number of fused-ring (bicyclic) bond motifs is 1. The maximum absolute atomic E-state index is 14.9. The van der Waals surface area contributed by atoms with Crippen molar-refractivity contribution in [1.29, 1.82) is 0 Å². The van der Waals surface area contributed by atoms with Crippen molar-refractivity contribution in [3.8, 4) is 23.0 Å². The molecule has 0 unspecified atom stereocenters. The fourth-order valence-electron chi connectivity index (χ4n) is 3.83. The highest BCUT2D eigenvalue weighted by molar-refractivity contribution is 5.98. The molecule has 7 nitrogen and oxygen atoms in total. The molecule has 0 saturated carbocycles. The molecule has 0 bridgehead atoms. The number of pyridine rings is 1. The number of aromatic nitrogens is 1. The van der Waals surface area contributed by atoms with Gasteiger partial charge < -0.3 is 19.5 Å². The largest absolute Gasteiger partial charge is 0.493 e. The molecule has 176 valence electrons. The third-order valence-corrected chi connectivity index (χ3v) is 5.58. The van der Waals surface area contributed by atoms with Gasteiger partial charge in [-0.1, -0.05) is 36.9 Å². The van der Waals surface area contributed by atoms with Gasteiger partial charge in [0.05, 0.1) is 24.9 Å². The van der Waals surface area contributed by atoms with E-state index in [0.717, 1.165) is 5.56 Å². The van der Waals surface area contributed by atoms with Crippen molar-refractivity contribution in [3.05, 3.63) is 96.6 Å². The first-order valence-electron chi connectivity index (χ1n) is 10.9. The van der Waals surface area contributed by atoms with Crippen LogP contribution in [0.2, 0.25) is 0 Å². The zero-order valence-electron chi connectivity index (χ0n) is 19.0. The lowest BCUT2D eigenvalue weighted by molar-refractivity contribution is 0.252. The summed E-state index contributed by atoms with van der Waals surface area (Å²) in [5.41, 5.74) is 2.54. The molecule has 1 fully saturated rings. The molecule has 0 spiro atoms. The van der Waals surface area contributed by atoms with Crippen LogP contribution in [-0.4, -0.2) is 24.7 Å². The molecular formula is C27H22FN3O4. The monoisotopic (exact) mass is 471 g/mol. The van der Waals surface area contributed by atoms with E-state index in [1.165, 1.54) is 17.0 Å². The van der Waals surface area contributed by atoms with Gasteiger partial charge in [-0.3, -0.25) is 9.88 Å². The number of halogens is 1. The van der Waals surface area contributed by atoms with Crippen molar-refractivity contribution >= 4 is 22.6 Å². The molecule has 4 aromatic rings. The minimum Gasteiger partial charge on any atom is -0.493 e. The van der Waals surface area contributed by atoms with E-state index < -0.39 is 5.82 Å². The van der Waals surface area contributed by atoms with Crippen molar-refractivity contribution in [2.24, 2.45) is 0 Å². The van der Waals surface area contributed by atoms with Gasteiger partial charge >= 0.3 is 6.03 Å². The average molecular weight is 471 g/mol. The summed E-state index contributed by atoms with van der Waals surface area (Å²) in [7, 11) is 1.55. The van der Waals surface area contributed by atoms with E-state index in [1.807, 2.05) is 30.3 Å². The Bertz CT molecular complexity index is 1410. The SMILES string of the molecule is C=C1CNC(=O)N1c1ccc(Oc2ccnc3cc(OCc4ccccc4)c(OC)cc23)c(F)c1. The number of carbonyl (C=O) groups excluding carboxylic acids is 1. The highest BCUT2D eigenvalue weighted by atomic mass is 19.1. The third-order valence-electron chi connectivity index (χ3n) is 5.58. The van der Waals surface area contributed by atoms with Crippen LogP contribution in [0.25, 0.3) is 10.9 Å². The maximum Gasteiger partial charge on any atom is 0.326 e. The summed E-state index contributed by atoms with van der Waals surface area (Å²) in [6.45, 7) is 4.52. The van der Waals surface area contributed by atoms with Crippen LogP contribution < -0.4 is 24.4 Å². The fraction of sp³-hybridized carbons (Fsp3) is 0.111. The second-order valence-electron chi connectivity index (χ2n) is 7.88. The lowest BCUT2D eigenvalue weighted by Crippen LogP contribution is -2.26. The fourth-order valence-corrected chi connectivity index (χ4v) is 3.83. The summed E-state index contributed by atoms with van der Waals surface area (Å²) >= 11 is 0. The number of nitrogens with one attached hydrogen (secondary N) is 1. The summed E-state index contributed by atoms with van der Waals surface area (Å²) in [5.74, 6) is 0.830. The molecule has 35 heavy (non-hydrogen) atoms. The first-order chi connectivity index (χ1) is 17.0. The molecule has 2 heterocycles. The maximum atomic E-state index is 14.9. The molecule has 0 atom stereocenters. The van der Waals surface area contributed by atoms with Crippen LogP contribution in [-0.2, 0) is 6.61 Å². The molecule has 1 N–H and O–H groups in total. The van der Waals surface area contributed by atoms with Gasteiger partial charge in [-0.2, -0.15) is 0 Å². The topological polar surface area (TPSA) is 72.9 Å². The lowest BCUT2D eigenvalue weighted by atomic mass is 10.1. The van der Waals surface area contributed by atoms with Gasteiger partial charge in [0.15, 0.2) is 23.1 Å². The van der Waals surface area contributed by atoms with E-state index in [-0.39, 0.29) is 11.8 Å². The number of methoxy groups -OCH3 is 1. The minimum atomic E-state index is -0.616. The quantitative estimate of drug-likeness (QED) is 0.369. The van der Waals surface area contributed by atoms with E-state index in [2.05, 4.69) is 16.9 Å². The Labute approximate surface area is 201 Å². The molecule has 5 rings (SSSR count). The molecular weight excluding hydrogens is 449 g/mol. The molecule has 0 aliphatic carbocycles. The Hall–Kier alpha value is -4.59. The van der Waals surface area contributed by atoms with Crippen LogP contribution in [0, 0.1) is 5.82 Å². The molecule has 1 aliphatic heterocycles. The number of ether oxygens (including phenoxy) is 3. The Balaban J connectivity index is 1.43. The number of hydrogen-bond donors (Lipinski definition) is 1. The zero-order chi connectivity index (χ0) is 24.4. The standard InChI is InChI=1S/C27H22FN3O4/c1-17-15-30-27(32)31(17)19-8-9-24(21(28)12-19)35-23-10-11-29-22-14-26(25(33-2)13-20(22)23)34-16-18-6-4-3-5-7-18/h3-14H,1,15-16H2,2H3,(H,30,32). The number of benzene rings is 3. The summed E-state index contributed by atoms with van der Waals surface area (Å²) in [4.78, 5) is 17.7. The molecule has 0 radical (unpaired) electrons. The Kier molecular flexibility index (Phi) is 5.93. The molecule has 1 aromatic heterocycles. The van der Waals surface area contributed by atoms with E-state index in [9.17, 15) is 9.18 Å². The number of hydrogen-bond acceptors (Lipinski definition) is 5. The van der Waals surface area contributed by atoms with Gasteiger partial charge in [0.25, 0.3) is 0 Å². The Morgan fingerprint density at radius 2 is 1.86 bits per heavy atom. The Morgan fingerprint density at radius 3 is 2.57 bits per heavy atom. The molecule has 3 aromatic carbocycles. The second-order valence-corrected chi connectivity index (χ2v) is 7.88. The summed E-state index contributed by atoms with van der Waals surface area (Å²) in [6.07, 6.45) is 1.58. The van der Waals surface area contributed by atoms with Crippen LogP contribution in [0.1, 0.15) is 5.56 Å². The predicted octanol–water partition coefficient (Wildman–Crippen LogP) is 5.80. The van der Waals surface area contributed by atoms with Gasteiger partial charge in [0.1, 0.15) is 12.4 Å². The molecule has 1 saturated heterocycles. The average Bonchev–Trinajstić information content (AvgIpc) is 3.21. The summed E-state index contributed by atoms with van der Waals surface area (Å²) < 4.78 is 32.3. The van der Waals surface area contributed by atoms with E-state index in [1.54, 1.807) is 37.6 Å². The number of urea groups is 1. The highest BCUT2D eigenvalue weighted by Gasteiger charge is 2.26. The number of anilines is 1. The second kappa shape index (κ2) is 9.34. The van der Waals surface area contributed by atoms with E-state index in [0.29, 0.717) is 52.7 Å². The van der Waals surface area contributed by atoms with Crippen LogP contribution in [0.4, 0.5) is 14.9 Å². The minimum absolute atomic E-state index is 0.00911. The number of carbonyl (C=O) groups is 1. The predicted molar refractivity (Wildman–Crippen MR) is 131 cm³/mol. The van der Waals surface area contributed by atoms with Crippen molar-refractivity contribution < 1.29 is 23.4 Å². The van der Waals surface area contributed by atoms with Gasteiger partial charge in [-0.15, -0.1) is 0 Å². The molecule has 8 heteroatoms. The highest BCUT2D eigenvalue weighted by Crippen LogP contribution is 2.38. The summed E-state index contributed by atoms with van der Waals surface area (Å²) in [6, 6.07) is 18.9. The van der Waals surface area contributed by atoms with Gasteiger partial charge in [-0.05, 0) is 29.8 Å². The third kappa shape index (κ3) is 4.46. The first-order valence-corrected chi connectivity index (χ1v) is 10.9. The zero-order valence-corrected chi connectivity index (χ0v) is 19.0. The Morgan fingerprint density at radius 1 is 1.03 bits per heavy atom. The van der Waals surface area contributed by atoms with Crippen LogP contribution in [0.15, 0.2) is 85.2 Å². The van der Waals surface area contributed by atoms with Crippen LogP contribution in [0.3, 0.4) is 0 Å². The first kappa shape index (κ1) is 22.2.